The van der Waals surface area contributed by atoms with Crippen molar-refractivity contribution in [3.8, 4) is 0 Å². The number of nitrogens with one attached hydrogen (secondary N) is 1. The van der Waals surface area contributed by atoms with Gasteiger partial charge in [0.1, 0.15) is 0 Å². The Morgan fingerprint density at radius 1 is 1.05 bits per heavy atom. The van der Waals surface area contributed by atoms with Crippen LogP contribution in [-0.4, -0.2) is 16.1 Å². The van der Waals surface area contributed by atoms with Crippen LogP contribution in [0.2, 0.25) is 0 Å². The zero-order chi connectivity index (χ0) is 13.6. The topological polar surface area (TPSA) is 29.9 Å². The average Bonchev–Trinajstić information content (AvgIpc) is 3.00. The summed E-state index contributed by atoms with van der Waals surface area (Å²) in [5, 5.41) is 6.18. The first-order valence-corrected chi connectivity index (χ1v) is 7.06. The molecule has 21 heavy (non-hydrogen) atoms. The molecule has 0 atom stereocenters. The molecule has 3 aromatic rings. The molecule has 1 aromatic heterocycles. The maximum absolute atomic E-state index is 4.05. The highest BCUT2D eigenvalue weighted by atomic mass is 35.5. The highest BCUT2D eigenvalue weighted by molar-refractivity contribution is 5.85. The van der Waals surface area contributed by atoms with E-state index >= 15 is 0 Å². The molecule has 0 fully saturated rings. The Morgan fingerprint density at radius 2 is 1.90 bits per heavy atom. The summed E-state index contributed by atoms with van der Waals surface area (Å²) >= 11 is 0. The van der Waals surface area contributed by atoms with Gasteiger partial charge in [0, 0.05) is 25.5 Å². The number of hydrogen-bond acceptors (Lipinski definition) is 2. The Kier molecular flexibility index (Phi) is 5.78. The van der Waals surface area contributed by atoms with Crippen molar-refractivity contribution in [1.29, 1.82) is 0 Å². The molecule has 0 saturated carbocycles. The molecule has 1 heterocycles. The lowest BCUT2D eigenvalue weighted by molar-refractivity contribution is 0.581. The molecule has 1 N–H and O–H groups in total. The van der Waals surface area contributed by atoms with Gasteiger partial charge < -0.3 is 9.88 Å². The van der Waals surface area contributed by atoms with Crippen LogP contribution in [-0.2, 0) is 13.1 Å². The molecule has 0 aliphatic heterocycles. The van der Waals surface area contributed by atoms with Crippen LogP contribution < -0.4 is 5.32 Å². The predicted molar refractivity (Wildman–Crippen MR) is 89.7 cm³/mol. The van der Waals surface area contributed by atoms with Crippen LogP contribution >= 0.6 is 12.4 Å². The molecule has 0 saturated heterocycles. The molecule has 0 bridgehead atoms. The van der Waals surface area contributed by atoms with E-state index in [4.69, 9.17) is 0 Å². The van der Waals surface area contributed by atoms with Gasteiger partial charge in [-0.15, -0.1) is 12.4 Å². The summed E-state index contributed by atoms with van der Waals surface area (Å²) in [6.07, 6.45) is 6.81. The summed E-state index contributed by atoms with van der Waals surface area (Å²) in [5.74, 6) is 0. The molecular formula is C17H20ClN3. The highest BCUT2D eigenvalue weighted by Gasteiger charge is 1.99. The van der Waals surface area contributed by atoms with Crippen molar-refractivity contribution in [2.45, 2.75) is 19.5 Å². The smallest absolute Gasteiger partial charge is 0.0945 e. The van der Waals surface area contributed by atoms with E-state index in [1.165, 1.54) is 16.3 Å². The van der Waals surface area contributed by atoms with E-state index in [1.54, 1.807) is 0 Å². The van der Waals surface area contributed by atoms with Gasteiger partial charge in [-0.05, 0) is 29.3 Å². The second-order valence-electron chi connectivity index (χ2n) is 4.97. The van der Waals surface area contributed by atoms with Crippen LogP contribution in [0.5, 0.6) is 0 Å². The van der Waals surface area contributed by atoms with E-state index in [1.807, 2.05) is 18.7 Å². The Labute approximate surface area is 131 Å². The number of fused-ring (bicyclic) bond motifs is 1. The lowest BCUT2D eigenvalue weighted by atomic mass is 10.0. The summed E-state index contributed by atoms with van der Waals surface area (Å²) < 4.78 is 2.11. The van der Waals surface area contributed by atoms with Gasteiger partial charge in [0.15, 0.2) is 0 Å². The van der Waals surface area contributed by atoms with Crippen LogP contribution in [0.1, 0.15) is 12.0 Å². The number of benzene rings is 2. The molecule has 3 nitrogen and oxygen atoms in total. The molecular weight excluding hydrogens is 282 g/mol. The van der Waals surface area contributed by atoms with Gasteiger partial charge in [-0.3, -0.25) is 0 Å². The maximum Gasteiger partial charge on any atom is 0.0945 e. The van der Waals surface area contributed by atoms with Crippen LogP contribution in [0.25, 0.3) is 10.8 Å². The molecule has 4 heteroatoms. The molecule has 3 rings (SSSR count). The second-order valence-corrected chi connectivity index (χ2v) is 4.97. The first-order chi connectivity index (χ1) is 9.93. The van der Waals surface area contributed by atoms with Gasteiger partial charge in [-0.25, -0.2) is 4.98 Å². The van der Waals surface area contributed by atoms with Gasteiger partial charge in [-0.1, -0.05) is 42.5 Å². The van der Waals surface area contributed by atoms with Gasteiger partial charge >= 0.3 is 0 Å². The summed E-state index contributed by atoms with van der Waals surface area (Å²) in [6.45, 7) is 2.95. The fourth-order valence-electron chi connectivity index (χ4n) is 2.48. The fraction of sp³-hybridized carbons (Fsp3) is 0.235. The number of halogens is 1. The molecule has 0 spiro atoms. The van der Waals surface area contributed by atoms with E-state index in [2.05, 4.69) is 57.3 Å². The van der Waals surface area contributed by atoms with Gasteiger partial charge in [-0.2, -0.15) is 0 Å². The van der Waals surface area contributed by atoms with Gasteiger partial charge in [0.25, 0.3) is 0 Å². The van der Waals surface area contributed by atoms with Crippen molar-refractivity contribution in [3.05, 3.63) is 66.7 Å². The van der Waals surface area contributed by atoms with Crippen molar-refractivity contribution in [3.63, 3.8) is 0 Å². The third-order valence-electron chi connectivity index (χ3n) is 3.52. The summed E-state index contributed by atoms with van der Waals surface area (Å²) in [6, 6.07) is 15.0. The molecule has 0 radical (unpaired) electrons. The highest BCUT2D eigenvalue weighted by Crippen LogP contribution is 2.18. The number of rotatable bonds is 6. The first-order valence-electron chi connectivity index (χ1n) is 7.06. The monoisotopic (exact) mass is 301 g/mol. The SMILES string of the molecule is Cl.c1ccc2c(CNCCCn3ccnc3)cccc2c1. The van der Waals surface area contributed by atoms with E-state index in [-0.39, 0.29) is 12.4 Å². The number of aryl methyl sites for hydroxylation is 1. The quantitative estimate of drug-likeness (QED) is 0.705. The zero-order valence-corrected chi connectivity index (χ0v) is 12.7. The second kappa shape index (κ2) is 7.81. The minimum absolute atomic E-state index is 0. The number of aromatic nitrogens is 2. The van der Waals surface area contributed by atoms with E-state index in [9.17, 15) is 0 Å². The molecule has 110 valence electrons. The Morgan fingerprint density at radius 3 is 2.76 bits per heavy atom. The molecule has 0 aliphatic rings. The standard InChI is InChI=1S/C17H19N3.ClH/c1-2-8-17-15(5-1)6-3-7-16(17)13-18-9-4-11-20-12-10-19-14-20;/h1-3,5-8,10,12,14,18H,4,9,11,13H2;1H. The molecule has 0 amide bonds. The Bertz CT molecular complexity index is 659. The van der Waals surface area contributed by atoms with Crippen molar-refractivity contribution in [1.82, 2.24) is 14.9 Å². The molecule has 0 aliphatic carbocycles. The van der Waals surface area contributed by atoms with Gasteiger partial charge in [0.2, 0.25) is 0 Å². The molecule has 2 aromatic carbocycles. The van der Waals surface area contributed by atoms with Crippen LogP contribution in [0.4, 0.5) is 0 Å². The van der Waals surface area contributed by atoms with Crippen molar-refractivity contribution in [2.75, 3.05) is 6.54 Å². The minimum Gasteiger partial charge on any atom is -0.337 e. The number of imidazole rings is 1. The number of hydrogen-bond donors (Lipinski definition) is 1. The van der Waals surface area contributed by atoms with Gasteiger partial charge in [0.05, 0.1) is 6.33 Å². The average molecular weight is 302 g/mol. The first kappa shape index (κ1) is 15.5. The third-order valence-corrected chi connectivity index (χ3v) is 3.52. The normalized spacial score (nSPS) is 10.5. The largest absolute Gasteiger partial charge is 0.337 e. The van der Waals surface area contributed by atoms with E-state index in [0.717, 1.165) is 26.1 Å². The lowest BCUT2D eigenvalue weighted by Crippen LogP contribution is -2.16. The zero-order valence-electron chi connectivity index (χ0n) is 11.9. The molecule has 0 unspecified atom stereocenters. The Balaban J connectivity index is 0.00000161. The van der Waals surface area contributed by atoms with Crippen LogP contribution in [0, 0.1) is 0 Å². The third kappa shape index (κ3) is 4.06. The van der Waals surface area contributed by atoms with Crippen molar-refractivity contribution in [2.24, 2.45) is 0 Å². The van der Waals surface area contributed by atoms with E-state index < -0.39 is 0 Å². The fourth-order valence-corrected chi connectivity index (χ4v) is 2.48. The summed E-state index contributed by atoms with van der Waals surface area (Å²) in [4.78, 5) is 4.05. The van der Waals surface area contributed by atoms with Crippen LogP contribution in [0.15, 0.2) is 61.2 Å². The minimum atomic E-state index is 0. The lowest BCUT2D eigenvalue weighted by Gasteiger charge is -2.08. The summed E-state index contributed by atoms with van der Waals surface area (Å²) in [7, 11) is 0. The maximum atomic E-state index is 4.05. The summed E-state index contributed by atoms with van der Waals surface area (Å²) in [5.41, 5.74) is 1.37. The van der Waals surface area contributed by atoms with E-state index in [0.29, 0.717) is 0 Å². The van der Waals surface area contributed by atoms with Crippen LogP contribution in [0.3, 0.4) is 0 Å². The Hall–Kier alpha value is -1.84. The predicted octanol–water partition coefficient (Wildman–Crippen LogP) is 3.64. The van der Waals surface area contributed by atoms with Crippen molar-refractivity contribution < 1.29 is 0 Å². The number of nitrogens with zero attached hydrogens (tertiary/aromatic N) is 2. The van der Waals surface area contributed by atoms with Crippen molar-refractivity contribution >= 4 is 23.2 Å².